The molecular weight excluding hydrogens is 297 g/mol. The third kappa shape index (κ3) is 4.96. The second-order valence-electron chi connectivity index (χ2n) is 5.67. The summed E-state index contributed by atoms with van der Waals surface area (Å²) in [7, 11) is 3.70. The quantitative estimate of drug-likeness (QED) is 0.590. The van der Waals surface area contributed by atoms with Crippen LogP contribution < -0.4 is 4.90 Å². The van der Waals surface area contributed by atoms with E-state index in [2.05, 4.69) is 0 Å². The summed E-state index contributed by atoms with van der Waals surface area (Å²) in [6, 6.07) is 5.97. The Balaban J connectivity index is 3.22. The summed E-state index contributed by atoms with van der Waals surface area (Å²) in [6.07, 6.45) is 0.300. The van der Waals surface area contributed by atoms with E-state index < -0.39 is 23.4 Å². The van der Waals surface area contributed by atoms with Crippen LogP contribution in [-0.2, 0) is 9.59 Å². The first kappa shape index (κ1) is 19.0. The minimum Gasteiger partial charge on any atom is -0.308 e. The minimum absolute atomic E-state index is 0.0497. The van der Waals surface area contributed by atoms with Crippen LogP contribution in [0.2, 0.25) is 0 Å². The van der Waals surface area contributed by atoms with E-state index in [1.54, 1.807) is 19.1 Å². The molecule has 0 radical (unpaired) electrons. The van der Waals surface area contributed by atoms with Crippen molar-refractivity contribution in [3.63, 3.8) is 0 Å². The lowest BCUT2D eigenvalue weighted by Crippen LogP contribution is -2.45. The van der Waals surface area contributed by atoms with Gasteiger partial charge in [-0.3, -0.25) is 9.59 Å². The van der Waals surface area contributed by atoms with Crippen molar-refractivity contribution >= 4 is 23.1 Å². The molecule has 1 amide bonds. The molecule has 1 aromatic carbocycles. The number of anilines is 1. The number of rotatable bonds is 8. The first-order valence-electron chi connectivity index (χ1n) is 7.58. The summed E-state index contributed by atoms with van der Waals surface area (Å²) in [5.41, 5.74) is 0.184. The first-order chi connectivity index (χ1) is 10.8. The van der Waals surface area contributed by atoms with Crippen LogP contribution in [-0.4, -0.2) is 49.5 Å². The van der Waals surface area contributed by atoms with Crippen molar-refractivity contribution in [1.82, 2.24) is 4.90 Å². The number of hydrogen-bond donors (Lipinski definition) is 1. The number of nitrogens with zero attached hydrogens (tertiary/aromatic N) is 2. The smallest absolute Gasteiger partial charge is 0.243 e. The molecule has 0 aliphatic heterocycles. The lowest BCUT2D eigenvalue weighted by atomic mass is 9.95. The fourth-order valence-electron chi connectivity index (χ4n) is 2.25. The fraction of sp³-hybridized carbons (Fsp3) is 0.471. The van der Waals surface area contributed by atoms with E-state index in [9.17, 15) is 14.0 Å². The molecule has 0 saturated heterocycles. The molecule has 0 spiro atoms. The van der Waals surface area contributed by atoms with E-state index in [0.717, 1.165) is 0 Å². The lowest BCUT2D eigenvalue weighted by molar-refractivity contribution is -0.128. The number of nitrogens with one attached hydrogen (secondary N) is 1. The van der Waals surface area contributed by atoms with Gasteiger partial charge in [0.15, 0.2) is 0 Å². The molecule has 0 saturated carbocycles. The van der Waals surface area contributed by atoms with Crippen molar-refractivity contribution in [2.24, 2.45) is 5.92 Å². The largest absolute Gasteiger partial charge is 0.308 e. The van der Waals surface area contributed by atoms with Gasteiger partial charge in [0, 0.05) is 18.8 Å². The molecule has 126 valence electrons. The van der Waals surface area contributed by atoms with E-state index in [1.807, 2.05) is 19.0 Å². The molecule has 5 nitrogen and oxygen atoms in total. The number of benzene rings is 1. The van der Waals surface area contributed by atoms with Gasteiger partial charge in [0.1, 0.15) is 17.5 Å². The van der Waals surface area contributed by atoms with Gasteiger partial charge in [-0.05, 0) is 39.6 Å². The number of amides is 1. The van der Waals surface area contributed by atoms with E-state index in [1.165, 1.54) is 24.0 Å². The van der Waals surface area contributed by atoms with Crippen molar-refractivity contribution in [2.75, 3.05) is 32.1 Å². The molecule has 0 heterocycles. The van der Waals surface area contributed by atoms with E-state index in [0.29, 0.717) is 13.0 Å². The summed E-state index contributed by atoms with van der Waals surface area (Å²) >= 11 is 0. The summed E-state index contributed by atoms with van der Waals surface area (Å²) in [4.78, 5) is 27.8. The Labute approximate surface area is 136 Å². The molecule has 0 aliphatic carbocycles. The molecule has 0 fully saturated rings. The van der Waals surface area contributed by atoms with Gasteiger partial charge in [0.05, 0.1) is 5.69 Å². The predicted molar refractivity (Wildman–Crippen MR) is 89.5 cm³/mol. The van der Waals surface area contributed by atoms with Crippen molar-refractivity contribution in [1.29, 1.82) is 5.41 Å². The second kappa shape index (κ2) is 8.53. The van der Waals surface area contributed by atoms with Crippen molar-refractivity contribution < 1.29 is 14.0 Å². The summed E-state index contributed by atoms with van der Waals surface area (Å²) < 4.78 is 14.1. The Morgan fingerprint density at radius 2 is 1.83 bits per heavy atom. The Bertz CT molecular complexity index is 587. The van der Waals surface area contributed by atoms with Gasteiger partial charge in [-0.25, -0.2) is 4.39 Å². The Morgan fingerprint density at radius 1 is 1.22 bits per heavy atom. The van der Waals surface area contributed by atoms with E-state index in [4.69, 9.17) is 5.41 Å². The Hall–Kier alpha value is -2.08. The van der Waals surface area contributed by atoms with Crippen LogP contribution in [0.3, 0.4) is 0 Å². The average molecular weight is 321 g/mol. The predicted octanol–water partition coefficient (Wildman–Crippen LogP) is 2.36. The number of Topliss-reactive ketones (excluding diaryl/α,β-unsaturated/α-hetero) is 1. The minimum atomic E-state index is -1.15. The molecule has 1 N–H and O–H groups in total. The van der Waals surface area contributed by atoms with Gasteiger partial charge < -0.3 is 15.2 Å². The summed E-state index contributed by atoms with van der Waals surface area (Å²) in [6.45, 7) is 3.77. The Morgan fingerprint density at radius 3 is 2.30 bits per heavy atom. The van der Waals surface area contributed by atoms with E-state index >= 15 is 0 Å². The van der Waals surface area contributed by atoms with Gasteiger partial charge in [-0.2, -0.15) is 0 Å². The van der Waals surface area contributed by atoms with Gasteiger partial charge in [-0.15, -0.1) is 0 Å². The molecule has 0 aromatic heterocycles. The highest BCUT2D eigenvalue weighted by atomic mass is 19.1. The summed E-state index contributed by atoms with van der Waals surface area (Å²) in [5.74, 6) is -2.61. The van der Waals surface area contributed by atoms with Crippen LogP contribution in [0.15, 0.2) is 24.3 Å². The average Bonchev–Trinajstić information content (AvgIpc) is 2.48. The highest BCUT2D eigenvalue weighted by Gasteiger charge is 2.32. The maximum absolute atomic E-state index is 14.1. The zero-order valence-corrected chi connectivity index (χ0v) is 14.1. The zero-order chi connectivity index (χ0) is 17.6. The maximum Gasteiger partial charge on any atom is 0.243 e. The van der Waals surface area contributed by atoms with Crippen LogP contribution >= 0.6 is 0 Å². The SMILES string of the molecule is CCC(=N)C(C(C)=O)C(=O)N(CCN(C)C)c1ccccc1F. The third-order valence-electron chi connectivity index (χ3n) is 3.56. The molecule has 6 heteroatoms. The number of likely N-dealkylation sites (N-methyl/N-ethyl adjacent to an activating group) is 1. The van der Waals surface area contributed by atoms with Crippen molar-refractivity contribution in [3.05, 3.63) is 30.1 Å². The topological polar surface area (TPSA) is 64.5 Å². The van der Waals surface area contributed by atoms with Crippen molar-refractivity contribution in [3.8, 4) is 0 Å². The number of carbonyl (C=O) groups is 2. The highest BCUT2D eigenvalue weighted by molar-refractivity contribution is 6.22. The highest BCUT2D eigenvalue weighted by Crippen LogP contribution is 2.22. The molecule has 23 heavy (non-hydrogen) atoms. The van der Waals surface area contributed by atoms with Gasteiger partial charge in [0.25, 0.3) is 0 Å². The number of halogens is 1. The lowest BCUT2D eigenvalue weighted by Gasteiger charge is -2.28. The fourth-order valence-corrected chi connectivity index (χ4v) is 2.25. The van der Waals surface area contributed by atoms with Crippen LogP contribution in [0.1, 0.15) is 20.3 Å². The van der Waals surface area contributed by atoms with Crippen molar-refractivity contribution in [2.45, 2.75) is 20.3 Å². The number of hydrogen-bond acceptors (Lipinski definition) is 4. The molecule has 0 aliphatic rings. The molecule has 1 rings (SSSR count). The van der Waals surface area contributed by atoms with Gasteiger partial charge in [0.2, 0.25) is 5.91 Å². The van der Waals surface area contributed by atoms with Crippen LogP contribution in [0, 0.1) is 17.1 Å². The normalized spacial score (nSPS) is 12.1. The third-order valence-corrected chi connectivity index (χ3v) is 3.56. The maximum atomic E-state index is 14.1. The van der Waals surface area contributed by atoms with E-state index in [-0.39, 0.29) is 17.9 Å². The summed E-state index contributed by atoms with van der Waals surface area (Å²) in [5, 5.41) is 7.91. The molecular formula is C17H24FN3O2. The number of ketones is 1. The second-order valence-corrected chi connectivity index (χ2v) is 5.67. The standard InChI is InChI=1S/C17H24FN3O2/c1-5-14(19)16(12(2)22)17(23)21(11-10-20(3)4)15-9-7-6-8-13(15)18/h6-9,16,19H,5,10-11H2,1-4H3. The van der Waals surface area contributed by atoms with Crippen LogP contribution in [0.25, 0.3) is 0 Å². The number of carbonyl (C=O) groups excluding carboxylic acids is 2. The van der Waals surface area contributed by atoms with Gasteiger partial charge >= 0.3 is 0 Å². The molecule has 1 unspecified atom stereocenters. The zero-order valence-electron chi connectivity index (χ0n) is 14.1. The number of para-hydroxylation sites is 1. The molecule has 1 aromatic rings. The van der Waals surface area contributed by atoms with Crippen LogP contribution in [0.4, 0.5) is 10.1 Å². The Kier molecular flexibility index (Phi) is 7.03. The van der Waals surface area contributed by atoms with Gasteiger partial charge in [-0.1, -0.05) is 19.1 Å². The van der Waals surface area contributed by atoms with Crippen LogP contribution in [0.5, 0.6) is 0 Å². The molecule has 0 bridgehead atoms. The molecule has 1 atom stereocenters. The first-order valence-corrected chi connectivity index (χ1v) is 7.58. The monoisotopic (exact) mass is 321 g/mol.